The first-order valence-electron chi connectivity index (χ1n) is 15.6. The molecule has 2 unspecified atom stereocenters. The van der Waals surface area contributed by atoms with Gasteiger partial charge in [0.15, 0.2) is 0 Å². The minimum absolute atomic E-state index is 0.295. The van der Waals surface area contributed by atoms with E-state index in [1.807, 2.05) is 74.5 Å². The zero-order chi connectivity index (χ0) is 31.6. The predicted molar refractivity (Wildman–Crippen MR) is 175 cm³/mol. The molecule has 3 rings (SSSR count). The molecule has 7 nitrogen and oxygen atoms in total. The number of hydrogen-bond acceptors (Lipinski definition) is 4. The third kappa shape index (κ3) is 9.84. The Morgan fingerprint density at radius 1 is 0.837 bits per heavy atom. The van der Waals surface area contributed by atoms with Crippen LogP contribution in [0.5, 0.6) is 0 Å². The van der Waals surface area contributed by atoms with Crippen molar-refractivity contribution in [1.29, 1.82) is 0 Å². The molecule has 3 amide bonds. The maximum absolute atomic E-state index is 14.3. The number of carbonyl (C=O) groups excluding carboxylic acids is 3. The summed E-state index contributed by atoms with van der Waals surface area (Å²) in [6, 6.07) is 17.9. The predicted octanol–water partition coefficient (Wildman–Crippen LogP) is 8.24. The van der Waals surface area contributed by atoms with Crippen LogP contribution in [-0.4, -0.2) is 41.0 Å². The molecular weight excluding hydrogens is 538 g/mol. The number of hydrogen-bond donors (Lipinski definition) is 2. The molecule has 0 saturated carbocycles. The van der Waals surface area contributed by atoms with E-state index in [4.69, 9.17) is 4.74 Å². The van der Waals surface area contributed by atoms with Gasteiger partial charge < -0.3 is 20.3 Å². The van der Waals surface area contributed by atoms with Crippen LogP contribution in [0.2, 0.25) is 0 Å². The third-order valence-corrected chi connectivity index (χ3v) is 7.53. The number of alkyl carbamates (subject to hydrolysis) is 1. The highest BCUT2D eigenvalue weighted by atomic mass is 16.6. The maximum Gasteiger partial charge on any atom is 0.408 e. The van der Waals surface area contributed by atoms with Crippen LogP contribution in [-0.2, 0) is 14.3 Å². The van der Waals surface area contributed by atoms with Crippen molar-refractivity contribution in [3.63, 3.8) is 0 Å². The highest BCUT2D eigenvalue weighted by Crippen LogP contribution is 2.31. The Kier molecular flexibility index (Phi) is 12.2. The number of nitrogens with zero attached hydrogens (tertiary/aromatic N) is 1. The molecule has 0 spiro atoms. The highest BCUT2D eigenvalue weighted by Gasteiger charge is 2.36. The van der Waals surface area contributed by atoms with Gasteiger partial charge in [-0.15, -0.1) is 0 Å². The number of benzene rings is 3. The molecule has 0 aliphatic rings. The topological polar surface area (TPSA) is 87.7 Å². The van der Waals surface area contributed by atoms with Crippen LogP contribution in [0.15, 0.2) is 60.7 Å². The summed E-state index contributed by atoms with van der Waals surface area (Å²) in [6.45, 7) is 13.5. The first-order valence-corrected chi connectivity index (χ1v) is 15.6. The van der Waals surface area contributed by atoms with Gasteiger partial charge in [0.05, 0.1) is 0 Å². The summed E-state index contributed by atoms with van der Waals surface area (Å²) in [4.78, 5) is 42.7. The smallest absolute Gasteiger partial charge is 0.408 e. The van der Waals surface area contributed by atoms with Gasteiger partial charge in [0.25, 0.3) is 5.91 Å². The van der Waals surface area contributed by atoms with Crippen molar-refractivity contribution in [2.75, 3.05) is 11.9 Å². The SMILES string of the molecule is CCCCCCCCN(C(=O)C(C)NC(=O)OC(C)(C)C)C(C(=O)Nc1ccc2ccccc2c1)c1c(C)cccc1C. The van der Waals surface area contributed by atoms with Crippen LogP contribution < -0.4 is 10.6 Å². The molecule has 0 heterocycles. The maximum atomic E-state index is 14.3. The summed E-state index contributed by atoms with van der Waals surface area (Å²) >= 11 is 0. The van der Waals surface area contributed by atoms with Gasteiger partial charge in [0.1, 0.15) is 17.7 Å². The average Bonchev–Trinajstić information content (AvgIpc) is 2.93. The largest absolute Gasteiger partial charge is 0.444 e. The van der Waals surface area contributed by atoms with Gasteiger partial charge in [-0.2, -0.15) is 0 Å². The van der Waals surface area contributed by atoms with Crippen molar-refractivity contribution >= 4 is 34.4 Å². The van der Waals surface area contributed by atoms with E-state index in [0.717, 1.165) is 59.6 Å². The van der Waals surface area contributed by atoms with Crippen molar-refractivity contribution in [3.8, 4) is 0 Å². The second-order valence-electron chi connectivity index (χ2n) is 12.4. The lowest BCUT2D eigenvalue weighted by atomic mass is 9.93. The number of nitrogens with one attached hydrogen (secondary N) is 2. The second kappa shape index (κ2) is 15.6. The molecule has 232 valence electrons. The summed E-state index contributed by atoms with van der Waals surface area (Å²) in [5.74, 6) is -0.628. The van der Waals surface area contributed by atoms with Crippen molar-refractivity contribution in [2.45, 2.75) is 105 Å². The summed E-state index contributed by atoms with van der Waals surface area (Å²) < 4.78 is 5.42. The second-order valence-corrected chi connectivity index (χ2v) is 12.4. The fourth-order valence-electron chi connectivity index (χ4n) is 5.39. The van der Waals surface area contributed by atoms with E-state index in [9.17, 15) is 14.4 Å². The molecule has 0 aromatic heterocycles. The number of unbranched alkanes of at least 4 members (excludes halogenated alkanes) is 5. The highest BCUT2D eigenvalue weighted by molar-refractivity contribution is 6.00. The van der Waals surface area contributed by atoms with Gasteiger partial charge in [0.2, 0.25) is 5.91 Å². The molecule has 0 bridgehead atoms. The Morgan fingerprint density at radius 2 is 1.47 bits per heavy atom. The summed E-state index contributed by atoms with van der Waals surface area (Å²) in [7, 11) is 0. The number of aryl methyl sites for hydroxylation is 2. The van der Waals surface area contributed by atoms with Crippen LogP contribution >= 0.6 is 0 Å². The first-order chi connectivity index (χ1) is 20.4. The average molecular weight is 588 g/mol. The number of ether oxygens (including phenoxy) is 1. The van der Waals surface area contributed by atoms with E-state index in [2.05, 4.69) is 17.6 Å². The fourth-order valence-corrected chi connectivity index (χ4v) is 5.39. The normalized spacial score (nSPS) is 12.8. The zero-order valence-electron chi connectivity index (χ0n) is 27.0. The molecule has 0 saturated heterocycles. The van der Waals surface area contributed by atoms with Gasteiger partial charge in [-0.1, -0.05) is 87.6 Å². The Hall–Kier alpha value is -3.87. The van der Waals surface area contributed by atoms with Crippen molar-refractivity contribution in [2.24, 2.45) is 0 Å². The van der Waals surface area contributed by atoms with Crippen molar-refractivity contribution in [3.05, 3.63) is 77.4 Å². The number of rotatable bonds is 13. The molecule has 3 aromatic carbocycles. The Morgan fingerprint density at radius 3 is 2.12 bits per heavy atom. The number of amides is 3. The molecule has 0 aliphatic heterocycles. The Labute approximate surface area is 257 Å². The van der Waals surface area contributed by atoms with E-state index < -0.39 is 23.8 Å². The lowest BCUT2D eigenvalue weighted by molar-refractivity contribution is -0.140. The standard InChI is InChI=1S/C36H49N3O4/c1-8-9-10-11-12-15-23-39(34(41)27(4)37-35(42)43-36(5,6)7)32(31-25(2)17-16-18-26(31)3)33(40)38-30-22-21-28-19-13-14-20-29(28)24-30/h13-14,16-22,24,27,32H,8-12,15,23H2,1-7H3,(H,37,42)(H,38,40). The van der Waals surface area contributed by atoms with Crippen LogP contribution in [0.3, 0.4) is 0 Å². The van der Waals surface area contributed by atoms with E-state index in [1.165, 1.54) is 6.42 Å². The molecule has 2 atom stereocenters. The first kappa shape index (κ1) is 33.6. The van der Waals surface area contributed by atoms with Crippen LogP contribution in [0.25, 0.3) is 10.8 Å². The van der Waals surface area contributed by atoms with Gasteiger partial charge in [0, 0.05) is 12.2 Å². The number of fused-ring (bicyclic) bond motifs is 1. The van der Waals surface area contributed by atoms with Gasteiger partial charge in [-0.05, 0) is 87.6 Å². The van der Waals surface area contributed by atoms with E-state index in [1.54, 1.807) is 32.6 Å². The lowest BCUT2D eigenvalue weighted by Gasteiger charge is -2.35. The molecule has 7 heteroatoms. The minimum Gasteiger partial charge on any atom is -0.444 e. The molecule has 0 radical (unpaired) electrons. The van der Waals surface area contributed by atoms with Crippen molar-refractivity contribution in [1.82, 2.24) is 10.2 Å². The van der Waals surface area contributed by atoms with Gasteiger partial charge in [-0.3, -0.25) is 9.59 Å². The molecule has 43 heavy (non-hydrogen) atoms. The molecule has 0 aliphatic carbocycles. The van der Waals surface area contributed by atoms with Crippen LogP contribution in [0.4, 0.5) is 10.5 Å². The molecule has 3 aromatic rings. The molecular formula is C36H49N3O4. The van der Waals surface area contributed by atoms with E-state index in [-0.39, 0.29) is 11.8 Å². The quantitative estimate of drug-likeness (QED) is 0.197. The number of carbonyl (C=O) groups is 3. The van der Waals surface area contributed by atoms with Crippen LogP contribution in [0.1, 0.15) is 95.9 Å². The number of anilines is 1. The molecule has 0 fully saturated rings. The van der Waals surface area contributed by atoms with Gasteiger partial charge >= 0.3 is 6.09 Å². The fraction of sp³-hybridized carbons (Fsp3) is 0.472. The van der Waals surface area contributed by atoms with E-state index in [0.29, 0.717) is 12.2 Å². The Balaban J connectivity index is 1.98. The molecule has 2 N–H and O–H groups in total. The minimum atomic E-state index is -0.893. The van der Waals surface area contributed by atoms with Crippen LogP contribution in [0, 0.1) is 13.8 Å². The Bertz CT molecular complexity index is 1370. The summed E-state index contributed by atoms with van der Waals surface area (Å²) in [6.07, 6.45) is 5.57. The summed E-state index contributed by atoms with van der Waals surface area (Å²) in [5.41, 5.74) is 2.60. The third-order valence-electron chi connectivity index (χ3n) is 7.53. The monoisotopic (exact) mass is 587 g/mol. The lowest BCUT2D eigenvalue weighted by Crippen LogP contribution is -2.51. The summed E-state index contributed by atoms with van der Waals surface area (Å²) in [5, 5.41) is 7.89. The van der Waals surface area contributed by atoms with Crippen molar-refractivity contribution < 1.29 is 19.1 Å². The van der Waals surface area contributed by atoms with Gasteiger partial charge in [-0.25, -0.2) is 4.79 Å². The zero-order valence-corrected chi connectivity index (χ0v) is 27.0. The van der Waals surface area contributed by atoms with E-state index >= 15 is 0 Å².